The molecule has 4 saturated carbocycles. The minimum Gasteiger partial charge on any atom is -0.458 e. The number of Topliss-reactive ketones (excluding diaryl/α,β-unsaturated/α-hetero) is 1. The van der Waals surface area contributed by atoms with Gasteiger partial charge in [0.05, 0.1) is 5.56 Å². The van der Waals surface area contributed by atoms with Gasteiger partial charge in [0.15, 0.2) is 0 Å². The molecule has 0 radical (unpaired) electrons. The van der Waals surface area contributed by atoms with Gasteiger partial charge in [-0.15, -0.1) is 0 Å². The van der Waals surface area contributed by atoms with E-state index in [9.17, 15) is 9.59 Å². The lowest BCUT2D eigenvalue weighted by Crippen LogP contribution is -2.54. The maximum Gasteiger partial charge on any atom is 0.338 e. The average Bonchev–Trinajstić information content (AvgIpc) is 3.05. The molecule has 29 heavy (non-hydrogen) atoms. The Morgan fingerprint density at radius 2 is 1.69 bits per heavy atom. The highest BCUT2D eigenvalue weighted by atomic mass is 16.5. The number of rotatable bonds is 2. The summed E-state index contributed by atoms with van der Waals surface area (Å²) in [6, 6.07) is 9.42. The van der Waals surface area contributed by atoms with E-state index in [0.717, 1.165) is 43.9 Å². The summed E-state index contributed by atoms with van der Waals surface area (Å²) in [5.74, 6) is 3.06. The van der Waals surface area contributed by atoms with Crippen LogP contribution in [-0.2, 0) is 9.53 Å². The van der Waals surface area contributed by atoms with Gasteiger partial charge in [-0.2, -0.15) is 0 Å². The molecular weight excluding hydrogens is 360 g/mol. The van der Waals surface area contributed by atoms with Crippen molar-refractivity contribution in [3.63, 3.8) is 0 Å². The zero-order valence-electron chi connectivity index (χ0n) is 17.9. The lowest BCUT2D eigenvalue weighted by molar-refractivity contribution is -0.142. The molecule has 3 nitrogen and oxygen atoms in total. The van der Waals surface area contributed by atoms with E-state index >= 15 is 0 Å². The number of fused-ring (bicyclic) bond motifs is 5. The molecule has 0 aromatic heterocycles. The molecule has 0 N–H and O–H groups in total. The second kappa shape index (κ2) is 6.96. The molecule has 2 unspecified atom stereocenters. The third kappa shape index (κ3) is 2.99. The van der Waals surface area contributed by atoms with Gasteiger partial charge >= 0.3 is 5.97 Å². The zero-order chi connectivity index (χ0) is 20.2. The van der Waals surface area contributed by atoms with Crippen LogP contribution in [0.4, 0.5) is 0 Å². The fraction of sp³-hybridized carbons (Fsp3) is 0.692. The Bertz CT molecular complexity index is 801. The van der Waals surface area contributed by atoms with Gasteiger partial charge in [-0.25, -0.2) is 4.79 Å². The van der Waals surface area contributed by atoms with E-state index in [2.05, 4.69) is 13.8 Å². The van der Waals surface area contributed by atoms with Gasteiger partial charge in [0.25, 0.3) is 0 Å². The largest absolute Gasteiger partial charge is 0.458 e. The SMILES string of the molecule is C[C@]12CCC(=O)CC1CC[C@@H]1[C@@H]2CC[C@]2(C)C(OC(=O)c3ccccc3)CC[C@@H]12. The minimum absolute atomic E-state index is 0.0413. The Kier molecular flexibility index (Phi) is 4.64. The van der Waals surface area contributed by atoms with Crippen LogP contribution in [0.15, 0.2) is 30.3 Å². The van der Waals surface area contributed by atoms with Crippen LogP contribution in [0.3, 0.4) is 0 Å². The van der Waals surface area contributed by atoms with Crippen molar-refractivity contribution in [3.8, 4) is 0 Å². The molecule has 4 aliphatic carbocycles. The van der Waals surface area contributed by atoms with E-state index in [4.69, 9.17) is 4.74 Å². The second-order valence-electron chi connectivity index (χ2n) is 10.8. The Labute approximate surface area is 174 Å². The maximum absolute atomic E-state index is 12.7. The average molecular weight is 395 g/mol. The third-order valence-corrected chi connectivity index (χ3v) is 9.65. The molecule has 4 fully saturated rings. The van der Waals surface area contributed by atoms with Crippen molar-refractivity contribution in [2.75, 3.05) is 0 Å². The van der Waals surface area contributed by atoms with Crippen molar-refractivity contribution in [1.29, 1.82) is 0 Å². The van der Waals surface area contributed by atoms with Crippen LogP contribution >= 0.6 is 0 Å². The van der Waals surface area contributed by atoms with Crippen molar-refractivity contribution < 1.29 is 14.3 Å². The first-order chi connectivity index (χ1) is 13.9. The third-order valence-electron chi connectivity index (χ3n) is 9.65. The van der Waals surface area contributed by atoms with E-state index in [1.54, 1.807) is 0 Å². The first-order valence-electron chi connectivity index (χ1n) is 11.7. The van der Waals surface area contributed by atoms with Gasteiger partial charge in [0, 0.05) is 18.3 Å². The summed E-state index contributed by atoms with van der Waals surface area (Å²) < 4.78 is 6.11. The summed E-state index contributed by atoms with van der Waals surface area (Å²) in [6.45, 7) is 4.88. The first-order valence-corrected chi connectivity index (χ1v) is 11.7. The normalized spacial score (nSPS) is 43.8. The molecule has 156 valence electrons. The van der Waals surface area contributed by atoms with Gasteiger partial charge in [-0.05, 0) is 86.2 Å². The van der Waals surface area contributed by atoms with Gasteiger partial charge in [-0.3, -0.25) is 4.79 Å². The van der Waals surface area contributed by atoms with Crippen LogP contribution in [0, 0.1) is 34.5 Å². The quantitative estimate of drug-likeness (QED) is 0.593. The van der Waals surface area contributed by atoms with Gasteiger partial charge < -0.3 is 4.74 Å². The van der Waals surface area contributed by atoms with Gasteiger partial charge in [0.2, 0.25) is 0 Å². The summed E-state index contributed by atoms with van der Waals surface area (Å²) >= 11 is 0. The number of carbonyl (C=O) groups is 2. The topological polar surface area (TPSA) is 43.4 Å². The molecule has 0 spiro atoms. The second-order valence-corrected chi connectivity index (χ2v) is 10.8. The standard InChI is InChI=1S/C26H34O3/c1-25-14-12-19(27)16-18(25)8-9-20-21-10-11-23(26(21,2)15-13-22(20)25)29-24(28)17-6-4-3-5-7-17/h3-7,18,20-23H,8-16H2,1-2H3/t18?,20-,21-,22-,23?,25-,26-/m0/s1. The van der Waals surface area contributed by atoms with E-state index in [-0.39, 0.29) is 17.5 Å². The van der Waals surface area contributed by atoms with Gasteiger partial charge in [-0.1, -0.05) is 32.0 Å². The molecule has 7 atom stereocenters. The highest BCUT2D eigenvalue weighted by molar-refractivity contribution is 5.89. The molecule has 1 aromatic rings. The Hall–Kier alpha value is -1.64. The molecule has 5 rings (SSSR count). The highest BCUT2D eigenvalue weighted by Crippen LogP contribution is 2.66. The van der Waals surface area contributed by atoms with Crippen LogP contribution in [0.5, 0.6) is 0 Å². The van der Waals surface area contributed by atoms with Crippen LogP contribution < -0.4 is 0 Å². The first kappa shape index (κ1) is 19.3. The summed E-state index contributed by atoms with van der Waals surface area (Å²) in [7, 11) is 0. The molecule has 0 saturated heterocycles. The monoisotopic (exact) mass is 394 g/mol. The van der Waals surface area contributed by atoms with E-state index in [1.807, 2.05) is 30.3 Å². The van der Waals surface area contributed by atoms with Crippen molar-refractivity contribution >= 4 is 11.8 Å². The van der Waals surface area contributed by atoms with E-state index < -0.39 is 0 Å². The smallest absolute Gasteiger partial charge is 0.338 e. The predicted octanol–water partition coefficient (Wildman–Crippen LogP) is 5.82. The Balaban J connectivity index is 1.34. The maximum atomic E-state index is 12.7. The summed E-state index contributed by atoms with van der Waals surface area (Å²) in [4.78, 5) is 24.8. The molecule has 0 heterocycles. The number of hydrogen-bond donors (Lipinski definition) is 0. The number of hydrogen-bond acceptors (Lipinski definition) is 3. The van der Waals surface area contributed by atoms with Crippen LogP contribution in [0.25, 0.3) is 0 Å². The van der Waals surface area contributed by atoms with Crippen molar-refractivity contribution in [3.05, 3.63) is 35.9 Å². The number of ether oxygens (including phenoxy) is 1. The summed E-state index contributed by atoms with van der Waals surface area (Å²) in [5, 5.41) is 0. The summed E-state index contributed by atoms with van der Waals surface area (Å²) in [5.41, 5.74) is 1.11. The number of esters is 1. The fourth-order valence-corrected chi connectivity index (χ4v) is 7.96. The number of ketones is 1. The van der Waals surface area contributed by atoms with E-state index in [1.165, 1.54) is 25.7 Å². The molecule has 3 heteroatoms. The van der Waals surface area contributed by atoms with Crippen LogP contribution in [0.2, 0.25) is 0 Å². The molecular formula is C26H34O3. The van der Waals surface area contributed by atoms with Crippen LogP contribution in [-0.4, -0.2) is 17.9 Å². The lowest BCUT2D eigenvalue weighted by Gasteiger charge is -2.60. The molecule has 0 bridgehead atoms. The molecule has 0 aliphatic heterocycles. The van der Waals surface area contributed by atoms with Gasteiger partial charge in [0.1, 0.15) is 11.9 Å². The van der Waals surface area contributed by atoms with E-state index in [0.29, 0.717) is 28.6 Å². The molecule has 4 aliphatic rings. The molecule has 0 amide bonds. The van der Waals surface area contributed by atoms with Crippen LogP contribution in [0.1, 0.15) is 82.0 Å². The Morgan fingerprint density at radius 3 is 2.48 bits per heavy atom. The fourth-order valence-electron chi connectivity index (χ4n) is 7.96. The predicted molar refractivity (Wildman–Crippen MR) is 112 cm³/mol. The lowest BCUT2D eigenvalue weighted by atomic mass is 9.45. The number of benzene rings is 1. The molecule has 1 aromatic carbocycles. The van der Waals surface area contributed by atoms with Crippen molar-refractivity contribution in [1.82, 2.24) is 0 Å². The zero-order valence-corrected chi connectivity index (χ0v) is 17.9. The summed E-state index contributed by atoms with van der Waals surface area (Å²) in [6.07, 6.45) is 9.79. The van der Waals surface area contributed by atoms with Crippen molar-refractivity contribution in [2.24, 2.45) is 34.5 Å². The number of carbonyl (C=O) groups excluding carboxylic acids is 2. The highest BCUT2D eigenvalue weighted by Gasteiger charge is 2.61. The van der Waals surface area contributed by atoms with Crippen molar-refractivity contribution in [2.45, 2.75) is 77.7 Å². The minimum atomic E-state index is -0.166. The Morgan fingerprint density at radius 1 is 0.931 bits per heavy atom.